The van der Waals surface area contributed by atoms with Crippen molar-refractivity contribution in [2.24, 2.45) is 0 Å². The van der Waals surface area contributed by atoms with Crippen molar-refractivity contribution < 1.29 is 43.5 Å². The Morgan fingerprint density at radius 1 is 0.750 bits per heavy atom. The Bertz CT molecular complexity index is 1570. The quantitative estimate of drug-likeness (QED) is 0.148. The molecular weight excluding hydrogens is 616 g/mol. The van der Waals surface area contributed by atoms with E-state index < -0.39 is 11.9 Å². The zero-order valence-electron chi connectivity index (χ0n) is 27.2. The number of amides is 1. The van der Waals surface area contributed by atoms with Gasteiger partial charge in [-0.1, -0.05) is 31.0 Å². The van der Waals surface area contributed by atoms with E-state index in [4.69, 9.17) is 24.1 Å². The van der Waals surface area contributed by atoms with Gasteiger partial charge < -0.3 is 39.4 Å². The van der Waals surface area contributed by atoms with Crippen LogP contribution in [-0.4, -0.2) is 79.1 Å². The summed E-state index contributed by atoms with van der Waals surface area (Å²) in [5, 5.41) is 21.5. The van der Waals surface area contributed by atoms with Crippen LogP contribution >= 0.6 is 0 Å². The van der Waals surface area contributed by atoms with E-state index in [9.17, 15) is 19.5 Å². The van der Waals surface area contributed by atoms with E-state index in [-0.39, 0.29) is 32.1 Å². The van der Waals surface area contributed by atoms with Gasteiger partial charge >= 0.3 is 11.9 Å². The summed E-state index contributed by atoms with van der Waals surface area (Å²) in [4.78, 5) is 37.4. The van der Waals surface area contributed by atoms with Crippen molar-refractivity contribution in [3.8, 4) is 34.1 Å². The molecule has 0 aromatic heterocycles. The van der Waals surface area contributed by atoms with Crippen molar-refractivity contribution in [3.63, 3.8) is 0 Å². The third-order valence-electron chi connectivity index (χ3n) is 8.48. The molecule has 2 heterocycles. The normalized spacial score (nSPS) is 13.7. The van der Waals surface area contributed by atoms with Crippen molar-refractivity contribution in [2.75, 3.05) is 46.2 Å². The Balaban J connectivity index is 1.16. The van der Waals surface area contributed by atoms with Gasteiger partial charge in [0, 0.05) is 44.6 Å². The number of aliphatic carboxylic acids is 2. The minimum Gasteiger partial charge on any atom is -0.494 e. The molecule has 2 aliphatic heterocycles. The molecule has 3 N–H and O–H groups in total. The molecule has 11 heteroatoms. The van der Waals surface area contributed by atoms with Gasteiger partial charge in [0.15, 0.2) is 11.5 Å². The van der Waals surface area contributed by atoms with Gasteiger partial charge in [0.25, 0.3) is 5.91 Å². The molecule has 0 unspecified atom stereocenters. The Kier molecular flexibility index (Phi) is 12.5. The number of nitrogens with one attached hydrogen (secondary N) is 1. The molecule has 0 radical (unpaired) electrons. The Morgan fingerprint density at radius 2 is 1.52 bits per heavy atom. The van der Waals surface area contributed by atoms with Crippen LogP contribution in [0.5, 0.6) is 23.0 Å². The summed E-state index contributed by atoms with van der Waals surface area (Å²) in [6, 6.07) is 17.2. The number of carboxylic acid groups (broad SMARTS) is 2. The number of nitrogens with zero attached hydrogens (tertiary/aromatic N) is 1. The standard InChI is InChI=1S/C37H44N2O9/c40-35(41)10-6-20-46-32-9-5-8-26(31(32)12-14-36(42)43)7-3-1-2-4-19-45-30-22-28(27-11-13-33-34(24-27)48-25-47-33)21-29(23-30)37(44)39-17-15-38-16-18-39/h5,8-9,11,13,21-24,38H,1-4,6-7,10,12,14-20,25H2,(H,40,41)(H,42,43). The van der Waals surface area contributed by atoms with E-state index >= 15 is 0 Å². The lowest BCUT2D eigenvalue weighted by atomic mass is 9.97. The highest BCUT2D eigenvalue weighted by Crippen LogP contribution is 2.37. The van der Waals surface area contributed by atoms with Gasteiger partial charge in [-0.05, 0) is 90.8 Å². The molecule has 1 fully saturated rings. The smallest absolute Gasteiger partial charge is 0.303 e. The molecule has 0 aliphatic carbocycles. The number of rotatable bonds is 18. The van der Waals surface area contributed by atoms with E-state index in [2.05, 4.69) is 5.32 Å². The predicted octanol–water partition coefficient (Wildman–Crippen LogP) is 5.57. The van der Waals surface area contributed by atoms with Gasteiger partial charge in [-0.15, -0.1) is 0 Å². The lowest BCUT2D eigenvalue weighted by molar-refractivity contribution is -0.138. The van der Waals surface area contributed by atoms with Crippen LogP contribution < -0.4 is 24.3 Å². The molecule has 3 aromatic rings. The molecule has 11 nitrogen and oxygen atoms in total. The number of hydrogen-bond acceptors (Lipinski definition) is 8. The molecule has 0 spiro atoms. The fraction of sp³-hybridized carbons (Fsp3) is 0.432. The van der Waals surface area contributed by atoms with Crippen molar-refractivity contribution >= 4 is 17.8 Å². The van der Waals surface area contributed by atoms with E-state index in [0.717, 1.165) is 67.4 Å². The fourth-order valence-electron chi connectivity index (χ4n) is 5.96. The second-order valence-electron chi connectivity index (χ2n) is 12.0. The topological polar surface area (TPSA) is 144 Å². The average molecular weight is 661 g/mol. The maximum atomic E-state index is 13.4. The zero-order chi connectivity index (χ0) is 33.7. The number of carbonyl (C=O) groups is 3. The number of fused-ring (bicyclic) bond motifs is 1. The second-order valence-corrected chi connectivity index (χ2v) is 12.0. The van der Waals surface area contributed by atoms with Crippen LogP contribution in [0.3, 0.4) is 0 Å². The summed E-state index contributed by atoms with van der Waals surface area (Å²) >= 11 is 0. The first kappa shape index (κ1) is 34.6. The highest BCUT2D eigenvalue weighted by molar-refractivity contribution is 5.96. The first-order chi connectivity index (χ1) is 23.4. The maximum Gasteiger partial charge on any atom is 0.303 e. The molecule has 0 saturated carbocycles. The van der Waals surface area contributed by atoms with Crippen LogP contribution in [0.1, 0.15) is 66.4 Å². The van der Waals surface area contributed by atoms with Gasteiger partial charge in [-0.3, -0.25) is 14.4 Å². The maximum absolute atomic E-state index is 13.4. The number of piperazine rings is 1. The van der Waals surface area contributed by atoms with Crippen LogP contribution in [0, 0.1) is 0 Å². The molecular formula is C37H44N2O9. The molecule has 3 aromatic carbocycles. The molecule has 48 heavy (non-hydrogen) atoms. The highest BCUT2D eigenvalue weighted by Gasteiger charge is 2.21. The van der Waals surface area contributed by atoms with E-state index in [0.29, 0.717) is 61.1 Å². The minimum atomic E-state index is -0.872. The van der Waals surface area contributed by atoms with Crippen LogP contribution in [0.2, 0.25) is 0 Å². The SMILES string of the molecule is O=C(O)CCCOc1cccc(CCCCCCOc2cc(C(=O)N3CCNCC3)cc(-c3ccc4c(c3)OCO4)c2)c1CCC(=O)O. The fourth-order valence-corrected chi connectivity index (χ4v) is 5.96. The summed E-state index contributed by atoms with van der Waals surface area (Å²) < 4.78 is 23.1. The number of hydrogen-bond donors (Lipinski definition) is 3. The number of benzene rings is 3. The van der Waals surface area contributed by atoms with Crippen molar-refractivity contribution in [1.82, 2.24) is 10.2 Å². The zero-order valence-corrected chi connectivity index (χ0v) is 27.2. The summed E-state index contributed by atoms with van der Waals surface area (Å²) in [6.45, 7) is 3.83. The van der Waals surface area contributed by atoms with E-state index in [1.165, 1.54) is 0 Å². The molecule has 0 atom stereocenters. The number of aryl methyl sites for hydroxylation is 1. The largest absolute Gasteiger partial charge is 0.494 e. The Labute approximate surface area is 280 Å². The van der Waals surface area contributed by atoms with Gasteiger partial charge in [0.1, 0.15) is 11.5 Å². The van der Waals surface area contributed by atoms with Crippen LogP contribution in [-0.2, 0) is 22.4 Å². The number of carbonyl (C=O) groups excluding carboxylic acids is 1. The lowest BCUT2D eigenvalue weighted by Crippen LogP contribution is -2.46. The third kappa shape index (κ3) is 9.87. The molecule has 1 saturated heterocycles. The molecule has 2 aliphatic rings. The van der Waals surface area contributed by atoms with Crippen LogP contribution in [0.4, 0.5) is 0 Å². The predicted molar refractivity (Wildman–Crippen MR) is 179 cm³/mol. The van der Waals surface area contributed by atoms with Crippen LogP contribution in [0.15, 0.2) is 54.6 Å². The number of carboxylic acids is 2. The Hall–Kier alpha value is -4.77. The third-order valence-corrected chi connectivity index (χ3v) is 8.48. The highest BCUT2D eigenvalue weighted by atomic mass is 16.7. The monoisotopic (exact) mass is 660 g/mol. The summed E-state index contributed by atoms with van der Waals surface area (Å²) in [5.41, 5.74) is 4.32. The van der Waals surface area contributed by atoms with Crippen LogP contribution in [0.25, 0.3) is 11.1 Å². The minimum absolute atomic E-state index is 0.00173. The summed E-state index contributed by atoms with van der Waals surface area (Å²) in [6.07, 6.45) is 5.23. The molecule has 1 amide bonds. The average Bonchev–Trinajstić information content (AvgIpc) is 3.57. The number of unbranched alkanes of at least 4 members (excludes halogenated alkanes) is 3. The second kappa shape index (κ2) is 17.4. The van der Waals surface area contributed by atoms with E-state index in [1.807, 2.05) is 59.5 Å². The van der Waals surface area contributed by atoms with E-state index in [1.54, 1.807) is 0 Å². The first-order valence-electron chi connectivity index (χ1n) is 16.7. The van der Waals surface area contributed by atoms with Crippen molar-refractivity contribution in [1.29, 1.82) is 0 Å². The van der Waals surface area contributed by atoms with Gasteiger partial charge in [0.05, 0.1) is 13.2 Å². The van der Waals surface area contributed by atoms with Crippen molar-refractivity contribution in [2.45, 2.75) is 57.8 Å². The molecule has 256 valence electrons. The molecule has 0 bridgehead atoms. The molecule has 5 rings (SSSR count). The summed E-state index contributed by atoms with van der Waals surface area (Å²) in [5.74, 6) is 0.901. The first-order valence-corrected chi connectivity index (χ1v) is 16.7. The van der Waals surface area contributed by atoms with Gasteiger partial charge in [-0.25, -0.2) is 0 Å². The van der Waals surface area contributed by atoms with Gasteiger partial charge in [0.2, 0.25) is 6.79 Å². The van der Waals surface area contributed by atoms with Crippen molar-refractivity contribution in [3.05, 3.63) is 71.3 Å². The summed E-state index contributed by atoms with van der Waals surface area (Å²) in [7, 11) is 0. The lowest BCUT2D eigenvalue weighted by Gasteiger charge is -2.27. The Morgan fingerprint density at radius 3 is 2.33 bits per heavy atom. The van der Waals surface area contributed by atoms with Gasteiger partial charge in [-0.2, -0.15) is 0 Å². The number of ether oxygens (including phenoxy) is 4.